The number of alkyl halides is 2. The molecule has 17 heavy (non-hydrogen) atoms. The molecule has 0 saturated carbocycles. The molecule has 0 radical (unpaired) electrons. The van der Waals surface area contributed by atoms with Crippen LogP contribution in [0, 0.1) is 3.57 Å². The molecule has 0 fully saturated rings. The van der Waals surface area contributed by atoms with Crippen LogP contribution in [-0.4, -0.2) is 25.3 Å². The SMILES string of the molecule is O=C([O-])C(F)(F)OCCOc1ccc(I)cc1. The molecule has 1 rings (SSSR count). The molecule has 0 aliphatic heterocycles. The Bertz CT molecular complexity index is 380. The van der Waals surface area contributed by atoms with Crippen LogP contribution in [-0.2, 0) is 9.53 Å². The Labute approximate surface area is 110 Å². The summed E-state index contributed by atoms with van der Waals surface area (Å²) in [7, 11) is 0. The van der Waals surface area contributed by atoms with Crippen molar-refractivity contribution >= 4 is 28.6 Å². The topological polar surface area (TPSA) is 58.6 Å². The van der Waals surface area contributed by atoms with E-state index in [0.717, 1.165) is 3.57 Å². The van der Waals surface area contributed by atoms with Crippen molar-refractivity contribution in [1.29, 1.82) is 0 Å². The Balaban J connectivity index is 2.29. The highest BCUT2D eigenvalue weighted by molar-refractivity contribution is 14.1. The minimum Gasteiger partial charge on any atom is -0.542 e. The van der Waals surface area contributed by atoms with Crippen LogP contribution >= 0.6 is 22.6 Å². The Kier molecular flexibility index (Phi) is 5.06. The molecule has 0 spiro atoms. The van der Waals surface area contributed by atoms with Crippen molar-refractivity contribution in [2.24, 2.45) is 0 Å². The molecule has 0 saturated heterocycles. The van der Waals surface area contributed by atoms with E-state index >= 15 is 0 Å². The fraction of sp³-hybridized carbons (Fsp3) is 0.300. The number of benzene rings is 1. The maximum absolute atomic E-state index is 12.4. The van der Waals surface area contributed by atoms with Crippen LogP contribution < -0.4 is 9.84 Å². The van der Waals surface area contributed by atoms with Crippen molar-refractivity contribution in [2.45, 2.75) is 6.11 Å². The van der Waals surface area contributed by atoms with E-state index in [-0.39, 0.29) is 6.61 Å². The highest BCUT2D eigenvalue weighted by Crippen LogP contribution is 2.15. The number of ether oxygens (including phenoxy) is 2. The van der Waals surface area contributed by atoms with Gasteiger partial charge in [0.1, 0.15) is 18.3 Å². The van der Waals surface area contributed by atoms with Gasteiger partial charge in [0, 0.05) is 3.57 Å². The van der Waals surface area contributed by atoms with Gasteiger partial charge in [0.15, 0.2) is 0 Å². The molecule has 0 aliphatic rings. The van der Waals surface area contributed by atoms with Gasteiger partial charge in [0.2, 0.25) is 0 Å². The van der Waals surface area contributed by atoms with Crippen molar-refractivity contribution in [1.82, 2.24) is 0 Å². The molecule has 0 heterocycles. The van der Waals surface area contributed by atoms with Gasteiger partial charge in [-0.2, -0.15) is 8.78 Å². The highest BCUT2D eigenvalue weighted by atomic mass is 127. The number of hydrogen-bond donors (Lipinski definition) is 0. The lowest BCUT2D eigenvalue weighted by atomic mass is 10.3. The van der Waals surface area contributed by atoms with Crippen LogP contribution in [0.25, 0.3) is 0 Å². The first-order valence-corrected chi connectivity index (χ1v) is 5.61. The fourth-order valence-electron chi connectivity index (χ4n) is 0.919. The lowest BCUT2D eigenvalue weighted by Gasteiger charge is -2.17. The summed E-state index contributed by atoms with van der Waals surface area (Å²) in [5.74, 6) is -2.07. The third kappa shape index (κ3) is 4.82. The zero-order valence-electron chi connectivity index (χ0n) is 8.49. The standard InChI is InChI=1S/C10H9F2IO4/c11-10(12,9(14)15)17-6-5-16-8-3-1-7(13)2-4-8/h1-4H,5-6H2,(H,14,15)/p-1. The van der Waals surface area contributed by atoms with E-state index in [2.05, 4.69) is 27.3 Å². The van der Waals surface area contributed by atoms with E-state index in [4.69, 9.17) is 4.74 Å². The Morgan fingerprint density at radius 3 is 2.41 bits per heavy atom. The first-order chi connectivity index (χ1) is 7.92. The van der Waals surface area contributed by atoms with Crippen molar-refractivity contribution in [3.05, 3.63) is 27.8 Å². The van der Waals surface area contributed by atoms with Gasteiger partial charge in [-0.3, -0.25) is 0 Å². The summed E-state index contributed by atoms with van der Waals surface area (Å²) in [4.78, 5) is 9.89. The molecular formula is C10H8F2IO4-. The first kappa shape index (κ1) is 14.1. The maximum Gasteiger partial charge on any atom is 0.397 e. The lowest BCUT2D eigenvalue weighted by molar-refractivity contribution is -0.363. The summed E-state index contributed by atoms with van der Waals surface area (Å²) in [6.07, 6.45) is -4.28. The summed E-state index contributed by atoms with van der Waals surface area (Å²) in [6, 6.07) is 6.90. The van der Waals surface area contributed by atoms with Gasteiger partial charge in [-0.15, -0.1) is 0 Å². The maximum atomic E-state index is 12.4. The number of halogens is 3. The summed E-state index contributed by atoms with van der Waals surface area (Å²) in [5.41, 5.74) is 0. The molecule has 94 valence electrons. The third-order valence-electron chi connectivity index (χ3n) is 1.69. The van der Waals surface area contributed by atoms with Crippen LogP contribution in [0.15, 0.2) is 24.3 Å². The molecule has 0 unspecified atom stereocenters. The monoisotopic (exact) mass is 357 g/mol. The van der Waals surface area contributed by atoms with E-state index in [0.29, 0.717) is 5.75 Å². The minimum atomic E-state index is -4.28. The fourth-order valence-corrected chi connectivity index (χ4v) is 1.28. The zero-order valence-corrected chi connectivity index (χ0v) is 10.6. The molecule has 0 atom stereocenters. The third-order valence-corrected chi connectivity index (χ3v) is 2.41. The zero-order chi connectivity index (χ0) is 12.9. The summed E-state index contributed by atoms with van der Waals surface area (Å²) >= 11 is 2.11. The number of rotatable bonds is 6. The van der Waals surface area contributed by atoms with Gasteiger partial charge in [0.25, 0.3) is 0 Å². The highest BCUT2D eigenvalue weighted by Gasteiger charge is 2.31. The van der Waals surface area contributed by atoms with Crippen LogP contribution in [0.4, 0.5) is 8.78 Å². The summed E-state index contributed by atoms with van der Waals surface area (Å²) < 4.78 is 34.7. The molecule has 0 bridgehead atoms. The molecule has 0 aliphatic carbocycles. The Morgan fingerprint density at radius 1 is 1.29 bits per heavy atom. The number of carboxylic acid groups (broad SMARTS) is 1. The molecule has 7 heteroatoms. The van der Waals surface area contributed by atoms with Crippen LogP contribution in [0.3, 0.4) is 0 Å². The molecular weight excluding hydrogens is 349 g/mol. The van der Waals surface area contributed by atoms with Crippen molar-refractivity contribution in [3.8, 4) is 5.75 Å². The predicted molar refractivity (Wildman–Crippen MR) is 60.6 cm³/mol. The lowest BCUT2D eigenvalue weighted by Crippen LogP contribution is -2.44. The number of carbonyl (C=O) groups is 1. The number of hydrogen-bond acceptors (Lipinski definition) is 4. The van der Waals surface area contributed by atoms with E-state index in [1.165, 1.54) is 0 Å². The van der Waals surface area contributed by atoms with E-state index in [1.54, 1.807) is 24.3 Å². The summed E-state index contributed by atoms with van der Waals surface area (Å²) in [5, 5.41) is 9.89. The second kappa shape index (κ2) is 6.10. The molecule has 0 N–H and O–H groups in total. The van der Waals surface area contributed by atoms with Gasteiger partial charge in [-0.1, -0.05) is 0 Å². The first-order valence-electron chi connectivity index (χ1n) is 4.53. The van der Waals surface area contributed by atoms with Crippen molar-refractivity contribution in [2.75, 3.05) is 13.2 Å². The molecule has 1 aromatic rings. The van der Waals surface area contributed by atoms with Gasteiger partial charge in [-0.05, 0) is 46.9 Å². The molecule has 1 aromatic carbocycles. The average molecular weight is 357 g/mol. The van der Waals surface area contributed by atoms with Gasteiger partial charge in [-0.25, -0.2) is 0 Å². The summed E-state index contributed by atoms with van der Waals surface area (Å²) in [6.45, 7) is -0.726. The Morgan fingerprint density at radius 2 is 1.88 bits per heavy atom. The van der Waals surface area contributed by atoms with Crippen molar-refractivity contribution < 1.29 is 28.2 Å². The minimum absolute atomic E-state index is 0.177. The molecule has 4 nitrogen and oxygen atoms in total. The second-order valence-electron chi connectivity index (χ2n) is 2.96. The normalized spacial score (nSPS) is 11.2. The van der Waals surface area contributed by atoms with E-state index < -0.39 is 18.7 Å². The van der Waals surface area contributed by atoms with Gasteiger partial charge in [0.05, 0.1) is 6.61 Å². The van der Waals surface area contributed by atoms with Crippen LogP contribution in [0.5, 0.6) is 5.75 Å². The largest absolute Gasteiger partial charge is 0.542 e. The average Bonchev–Trinajstić information content (AvgIpc) is 2.26. The second-order valence-corrected chi connectivity index (χ2v) is 4.20. The quantitative estimate of drug-likeness (QED) is 0.564. The van der Waals surface area contributed by atoms with E-state index in [1.807, 2.05) is 0 Å². The number of aliphatic carboxylic acids is 1. The van der Waals surface area contributed by atoms with Gasteiger partial charge < -0.3 is 19.4 Å². The van der Waals surface area contributed by atoms with Crippen molar-refractivity contribution in [3.63, 3.8) is 0 Å². The number of carbonyl (C=O) groups excluding carboxylic acids is 1. The van der Waals surface area contributed by atoms with Crippen LogP contribution in [0.1, 0.15) is 0 Å². The molecule has 0 aromatic heterocycles. The smallest absolute Gasteiger partial charge is 0.397 e. The van der Waals surface area contributed by atoms with Crippen LogP contribution in [0.2, 0.25) is 0 Å². The van der Waals surface area contributed by atoms with E-state index in [9.17, 15) is 18.7 Å². The van der Waals surface area contributed by atoms with Gasteiger partial charge >= 0.3 is 6.11 Å². The molecule has 0 amide bonds. The number of carboxylic acids is 1. The Hall–Kier alpha value is -0.960. The predicted octanol–water partition coefficient (Wildman–Crippen LogP) is 1.03.